The summed E-state index contributed by atoms with van der Waals surface area (Å²) in [6.07, 6.45) is 1.23. The van der Waals surface area contributed by atoms with Gasteiger partial charge in [0.1, 0.15) is 11.5 Å². The minimum Gasteiger partial charge on any atom is -0.464 e. The van der Waals surface area contributed by atoms with Gasteiger partial charge in [-0.15, -0.1) is 0 Å². The zero-order valence-electron chi connectivity index (χ0n) is 10.8. The van der Waals surface area contributed by atoms with Gasteiger partial charge in [-0.3, -0.25) is 4.79 Å². The summed E-state index contributed by atoms with van der Waals surface area (Å²) in [5.41, 5.74) is 3.18. The summed E-state index contributed by atoms with van der Waals surface area (Å²) in [6.45, 7) is 0.739. The van der Waals surface area contributed by atoms with Crippen LogP contribution in [0.1, 0.15) is 22.6 Å². The van der Waals surface area contributed by atoms with Crippen molar-refractivity contribution in [2.45, 2.75) is 19.4 Å². The van der Waals surface area contributed by atoms with Crippen LogP contribution >= 0.6 is 0 Å². The number of nitrogens with one attached hydrogen (secondary N) is 2. The average Bonchev–Trinajstić information content (AvgIpc) is 2.95. The molecular formula is C15H16N2O2. The number of amides is 1. The van der Waals surface area contributed by atoms with Gasteiger partial charge in [-0.2, -0.15) is 0 Å². The molecule has 0 fully saturated rings. The van der Waals surface area contributed by atoms with E-state index in [0.717, 1.165) is 35.7 Å². The monoisotopic (exact) mass is 256 g/mol. The molecule has 0 bridgehead atoms. The lowest BCUT2D eigenvalue weighted by molar-refractivity contribution is -0.115. The van der Waals surface area contributed by atoms with Crippen molar-refractivity contribution >= 4 is 11.6 Å². The molecule has 2 N–H and O–H groups in total. The molecule has 4 nitrogen and oxygen atoms in total. The third kappa shape index (κ3) is 2.53. The van der Waals surface area contributed by atoms with Crippen molar-refractivity contribution in [1.82, 2.24) is 5.32 Å². The molecule has 2 aromatic rings. The maximum Gasteiger partial charge on any atom is 0.228 e. The van der Waals surface area contributed by atoms with E-state index in [1.54, 1.807) is 0 Å². The highest BCUT2D eigenvalue weighted by Gasteiger charge is 2.17. The number of carbonyl (C=O) groups is 1. The molecule has 0 aliphatic carbocycles. The molecular weight excluding hydrogens is 240 g/mol. The van der Waals surface area contributed by atoms with Crippen LogP contribution in [0.5, 0.6) is 0 Å². The Kier molecular flexibility index (Phi) is 3.09. The third-order valence-corrected chi connectivity index (χ3v) is 3.24. The third-order valence-electron chi connectivity index (χ3n) is 3.24. The molecule has 19 heavy (non-hydrogen) atoms. The summed E-state index contributed by atoms with van der Waals surface area (Å²) >= 11 is 0. The topological polar surface area (TPSA) is 54.3 Å². The van der Waals surface area contributed by atoms with Crippen LogP contribution in [0.4, 0.5) is 5.69 Å². The fraction of sp³-hybridized carbons (Fsp3) is 0.267. The van der Waals surface area contributed by atoms with Crippen molar-refractivity contribution in [2.75, 3.05) is 12.4 Å². The van der Waals surface area contributed by atoms with Gasteiger partial charge in [0.15, 0.2) is 0 Å². The Bertz CT molecular complexity index is 616. The summed E-state index contributed by atoms with van der Waals surface area (Å²) in [7, 11) is 1.90. The van der Waals surface area contributed by atoms with Gasteiger partial charge in [-0.25, -0.2) is 0 Å². The molecule has 1 aromatic carbocycles. The second kappa shape index (κ2) is 4.90. The largest absolute Gasteiger partial charge is 0.464 e. The van der Waals surface area contributed by atoms with E-state index in [1.165, 1.54) is 5.56 Å². The van der Waals surface area contributed by atoms with Crippen LogP contribution in [-0.4, -0.2) is 13.0 Å². The van der Waals surface area contributed by atoms with Gasteiger partial charge in [0.05, 0.1) is 13.0 Å². The predicted molar refractivity (Wildman–Crippen MR) is 73.1 cm³/mol. The van der Waals surface area contributed by atoms with Crippen molar-refractivity contribution in [3.63, 3.8) is 0 Å². The zero-order chi connectivity index (χ0) is 13.2. The van der Waals surface area contributed by atoms with Crippen molar-refractivity contribution < 1.29 is 9.21 Å². The molecule has 0 unspecified atom stereocenters. The fourth-order valence-corrected chi connectivity index (χ4v) is 2.38. The summed E-state index contributed by atoms with van der Waals surface area (Å²) in [4.78, 5) is 11.3. The number of benzene rings is 1. The van der Waals surface area contributed by atoms with Crippen LogP contribution < -0.4 is 10.6 Å². The van der Waals surface area contributed by atoms with E-state index in [4.69, 9.17) is 4.42 Å². The van der Waals surface area contributed by atoms with Crippen LogP contribution in [0.15, 0.2) is 34.7 Å². The van der Waals surface area contributed by atoms with Crippen LogP contribution in [0.3, 0.4) is 0 Å². The van der Waals surface area contributed by atoms with Crippen molar-refractivity contribution in [1.29, 1.82) is 0 Å². The van der Waals surface area contributed by atoms with Crippen LogP contribution in [0, 0.1) is 0 Å². The van der Waals surface area contributed by atoms with Gasteiger partial charge in [-0.1, -0.05) is 12.1 Å². The molecule has 1 aliphatic rings. The number of furan rings is 1. The number of anilines is 1. The smallest absolute Gasteiger partial charge is 0.228 e. The van der Waals surface area contributed by atoms with Crippen LogP contribution in [-0.2, 0) is 24.2 Å². The van der Waals surface area contributed by atoms with E-state index in [1.807, 2.05) is 31.3 Å². The Morgan fingerprint density at radius 1 is 1.26 bits per heavy atom. The normalized spacial score (nSPS) is 13.4. The van der Waals surface area contributed by atoms with E-state index in [0.29, 0.717) is 6.42 Å². The minimum absolute atomic E-state index is 0.0708. The quantitative estimate of drug-likeness (QED) is 0.880. The van der Waals surface area contributed by atoms with Gasteiger partial charge < -0.3 is 15.1 Å². The first-order chi connectivity index (χ1) is 9.24. The lowest BCUT2D eigenvalue weighted by atomic mass is 10.1. The minimum atomic E-state index is 0.0708. The Hall–Kier alpha value is -2.07. The van der Waals surface area contributed by atoms with E-state index < -0.39 is 0 Å². The maximum absolute atomic E-state index is 11.3. The predicted octanol–water partition coefficient (Wildman–Crippen LogP) is 2.08. The number of carbonyl (C=O) groups excluding carboxylic acids is 1. The highest BCUT2D eigenvalue weighted by molar-refractivity contribution is 5.99. The number of hydrogen-bond donors (Lipinski definition) is 2. The number of hydrogen-bond acceptors (Lipinski definition) is 3. The molecule has 1 aliphatic heterocycles. The van der Waals surface area contributed by atoms with Crippen LogP contribution in [0.2, 0.25) is 0 Å². The van der Waals surface area contributed by atoms with Crippen molar-refractivity contribution in [3.05, 3.63) is 53.0 Å². The highest BCUT2D eigenvalue weighted by Crippen LogP contribution is 2.25. The fourth-order valence-electron chi connectivity index (χ4n) is 2.38. The zero-order valence-corrected chi connectivity index (χ0v) is 10.8. The van der Waals surface area contributed by atoms with E-state index >= 15 is 0 Å². The maximum atomic E-state index is 11.3. The molecule has 4 heteroatoms. The van der Waals surface area contributed by atoms with Gasteiger partial charge in [-0.05, 0) is 36.4 Å². The summed E-state index contributed by atoms with van der Waals surface area (Å²) < 4.78 is 5.72. The number of rotatable bonds is 4. The highest BCUT2D eigenvalue weighted by atomic mass is 16.3. The molecule has 1 amide bonds. The average molecular weight is 256 g/mol. The Morgan fingerprint density at radius 3 is 2.95 bits per heavy atom. The van der Waals surface area contributed by atoms with Crippen molar-refractivity contribution in [2.24, 2.45) is 0 Å². The Morgan fingerprint density at radius 2 is 2.11 bits per heavy atom. The van der Waals surface area contributed by atoms with E-state index in [-0.39, 0.29) is 5.91 Å². The second-order valence-electron chi connectivity index (χ2n) is 4.79. The first-order valence-electron chi connectivity index (χ1n) is 6.38. The molecule has 0 spiro atoms. The molecule has 98 valence electrons. The van der Waals surface area contributed by atoms with E-state index in [9.17, 15) is 4.79 Å². The van der Waals surface area contributed by atoms with Gasteiger partial charge >= 0.3 is 0 Å². The standard InChI is InChI=1S/C15H16N2O2/c1-16-9-13-4-3-12(19-13)7-10-2-5-14-11(6-10)8-15(18)17-14/h2-6,16H,7-9H2,1H3,(H,17,18). The molecule has 1 aromatic heterocycles. The van der Waals surface area contributed by atoms with Gasteiger partial charge in [0.2, 0.25) is 5.91 Å². The molecule has 0 saturated heterocycles. The van der Waals surface area contributed by atoms with Gasteiger partial charge in [0.25, 0.3) is 0 Å². The van der Waals surface area contributed by atoms with Crippen LogP contribution in [0.25, 0.3) is 0 Å². The van der Waals surface area contributed by atoms with Gasteiger partial charge in [0, 0.05) is 12.1 Å². The molecule has 2 heterocycles. The first-order valence-corrected chi connectivity index (χ1v) is 6.38. The molecule has 0 radical (unpaired) electrons. The molecule has 3 rings (SSSR count). The first kappa shape index (κ1) is 12.0. The second-order valence-corrected chi connectivity index (χ2v) is 4.79. The Balaban J connectivity index is 1.76. The molecule has 0 saturated carbocycles. The summed E-state index contributed by atoms with van der Waals surface area (Å²) in [6, 6.07) is 10.1. The summed E-state index contributed by atoms with van der Waals surface area (Å²) in [5, 5.41) is 5.90. The molecule has 0 atom stereocenters. The van der Waals surface area contributed by atoms with Crippen molar-refractivity contribution in [3.8, 4) is 0 Å². The number of fused-ring (bicyclic) bond motifs is 1. The Labute approximate surface area is 111 Å². The lowest BCUT2D eigenvalue weighted by Gasteiger charge is -2.02. The SMILES string of the molecule is CNCc1ccc(Cc2ccc3c(c2)CC(=O)N3)o1. The lowest BCUT2D eigenvalue weighted by Crippen LogP contribution is -2.03. The summed E-state index contributed by atoms with van der Waals surface area (Å²) in [5.74, 6) is 1.96. The van der Waals surface area contributed by atoms with E-state index in [2.05, 4.69) is 16.7 Å².